The lowest BCUT2D eigenvalue weighted by Gasteiger charge is -2.20. The average molecular weight is 446 g/mol. The summed E-state index contributed by atoms with van der Waals surface area (Å²) >= 11 is 11.8. The average Bonchev–Trinajstić information content (AvgIpc) is 2.62. The zero-order valence-electron chi connectivity index (χ0n) is 15.5. The Labute approximate surface area is 175 Å². The Hall–Kier alpha value is -1.80. The lowest BCUT2D eigenvalue weighted by Crippen LogP contribution is -2.35. The number of halogens is 2. The van der Waals surface area contributed by atoms with Crippen molar-refractivity contribution < 1.29 is 22.7 Å². The molecule has 0 spiro atoms. The molecule has 0 saturated heterocycles. The van der Waals surface area contributed by atoms with Crippen molar-refractivity contribution in [3.8, 4) is 5.75 Å². The zero-order chi connectivity index (χ0) is 20.7. The van der Waals surface area contributed by atoms with Crippen LogP contribution in [0.3, 0.4) is 0 Å². The van der Waals surface area contributed by atoms with Gasteiger partial charge in [-0.3, -0.25) is 0 Å². The molecule has 0 aliphatic carbocycles. The van der Waals surface area contributed by atoms with E-state index in [4.69, 9.17) is 32.7 Å². The van der Waals surface area contributed by atoms with Crippen molar-refractivity contribution in [3.63, 3.8) is 0 Å². The summed E-state index contributed by atoms with van der Waals surface area (Å²) in [7, 11) is -2.11. The quantitative estimate of drug-likeness (QED) is 0.550. The minimum atomic E-state index is -3.43. The van der Waals surface area contributed by atoms with E-state index in [1.807, 2.05) is 6.07 Å². The van der Waals surface area contributed by atoms with Gasteiger partial charge in [-0.1, -0.05) is 35.3 Å². The summed E-state index contributed by atoms with van der Waals surface area (Å²) in [5.74, 6) is 0.0344. The maximum atomic E-state index is 12.1. The Morgan fingerprint density at radius 1 is 1.07 bits per heavy atom. The molecular formula is C19H21Cl2NO5S. The second-order valence-electron chi connectivity index (χ2n) is 6.06. The minimum absolute atomic E-state index is 0.145. The van der Waals surface area contributed by atoms with E-state index in [1.54, 1.807) is 36.4 Å². The number of carbonyl (C=O) groups is 1. The highest BCUT2D eigenvalue weighted by Crippen LogP contribution is 2.24. The molecule has 0 saturated carbocycles. The Morgan fingerprint density at radius 2 is 1.75 bits per heavy atom. The fraction of sp³-hybridized carbons (Fsp3) is 0.316. The number of nitrogens with zero attached hydrogens (tertiary/aromatic N) is 1. The summed E-state index contributed by atoms with van der Waals surface area (Å²) in [5, 5.41) is 0.876. The molecule has 0 fully saturated rings. The highest BCUT2D eigenvalue weighted by Gasteiger charge is 2.17. The molecule has 0 aliphatic rings. The molecule has 0 aromatic heterocycles. The van der Waals surface area contributed by atoms with Crippen LogP contribution in [0, 0.1) is 0 Å². The molecule has 0 unspecified atom stereocenters. The smallest absolute Gasteiger partial charge is 0.337 e. The Balaban J connectivity index is 1.98. The zero-order valence-corrected chi connectivity index (χ0v) is 17.9. The molecule has 0 amide bonds. The Bertz CT molecular complexity index is 913. The number of hydrogen-bond donors (Lipinski definition) is 0. The first kappa shape index (κ1) is 22.5. The van der Waals surface area contributed by atoms with Crippen molar-refractivity contribution in [2.24, 2.45) is 0 Å². The molecule has 2 aromatic rings. The van der Waals surface area contributed by atoms with E-state index in [2.05, 4.69) is 0 Å². The van der Waals surface area contributed by atoms with Crippen molar-refractivity contribution in [1.82, 2.24) is 4.31 Å². The van der Waals surface area contributed by atoms with Crippen molar-refractivity contribution >= 4 is 39.2 Å². The predicted octanol–water partition coefficient (Wildman–Crippen LogP) is 3.66. The molecule has 2 rings (SSSR count). The van der Waals surface area contributed by atoms with E-state index in [9.17, 15) is 13.2 Å². The number of esters is 1. The van der Waals surface area contributed by atoms with E-state index in [0.29, 0.717) is 27.8 Å². The SMILES string of the molecule is COC(=O)c1cccc(CCN(CCOc2cc(Cl)cc(Cl)c2)S(C)(=O)=O)c1. The molecule has 0 heterocycles. The fourth-order valence-electron chi connectivity index (χ4n) is 2.55. The van der Waals surface area contributed by atoms with Crippen molar-refractivity contribution in [3.05, 3.63) is 63.6 Å². The Kier molecular flexibility index (Phi) is 8.12. The van der Waals surface area contributed by atoms with Crippen LogP contribution in [0.15, 0.2) is 42.5 Å². The molecule has 28 heavy (non-hydrogen) atoms. The Morgan fingerprint density at radius 3 is 2.36 bits per heavy atom. The minimum Gasteiger partial charge on any atom is -0.492 e. The number of methoxy groups -OCH3 is 1. The summed E-state index contributed by atoms with van der Waals surface area (Å²) in [6.07, 6.45) is 1.59. The van der Waals surface area contributed by atoms with E-state index in [0.717, 1.165) is 11.8 Å². The second-order valence-corrected chi connectivity index (χ2v) is 8.91. The van der Waals surface area contributed by atoms with Gasteiger partial charge in [0.2, 0.25) is 10.0 Å². The highest BCUT2D eigenvalue weighted by atomic mass is 35.5. The third-order valence-electron chi connectivity index (χ3n) is 3.91. The predicted molar refractivity (Wildman–Crippen MR) is 110 cm³/mol. The lowest BCUT2D eigenvalue weighted by atomic mass is 10.1. The lowest BCUT2D eigenvalue weighted by molar-refractivity contribution is 0.0600. The van der Waals surface area contributed by atoms with Crippen LogP contribution in [0.4, 0.5) is 0 Å². The third-order valence-corrected chi connectivity index (χ3v) is 5.65. The number of ether oxygens (including phenoxy) is 2. The number of benzene rings is 2. The molecule has 152 valence electrons. The van der Waals surface area contributed by atoms with Crippen molar-refractivity contribution in [1.29, 1.82) is 0 Å². The fourth-order valence-corrected chi connectivity index (χ4v) is 3.88. The summed E-state index contributed by atoms with van der Waals surface area (Å²) in [5.41, 5.74) is 1.26. The van der Waals surface area contributed by atoms with Gasteiger partial charge in [0.15, 0.2) is 0 Å². The van der Waals surface area contributed by atoms with Gasteiger partial charge in [0, 0.05) is 23.1 Å². The van der Waals surface area contributed by atoms with Gasteiger partial charge in [0.1, 0.15) is 12.4 Å². The van der Waals surface area contributed by atoms with Crippen LogP contribution >= 0.6 is 23.2 Å². The van der Waals surface area contributed by atoms with Gasteiger partial charge >= 0.3 is 5.97 Å². The van der Waals surface area contributed by atoms with Crippen LogP contribution in [-0.2, 0) is 21.2 Å². The van der Waals surface area contributed by atoms with Gasteiger partial charge in [-0.25, -0.2) is 13.2 Å². The van der Waals surface area contributed by atoms with E-state index in [-0.39, 0.29) is 19.7 Å². The van der Waals surface area contributed by atoms with E-state index >= 15 is 0 Å². The summed E-state index contributed by atoms with van der Waals surface area (Å²) in [4.78, 5) is 11.6. The van der Waals surface area contributed by atoms with E-state index < -0.39 is 16.0 Å². The van der Waals surface area contributed by atoms with Gasteiger partial charge in [-0.05, 0) is 42.3 Å². The highest BCUT2D eigenvalue weighted by molar-refractivity contribution is 7.88. The molecule has 0 radical (unpaired) electrons. The van der Waals surface area contributed by atoms with Crippen LogP contribution in [0.5, 0.6) is 5.75 Å². The maximum Gasteiger partial charge on any atom is 0.337 e. The molecule has 0 atom stereocenters. The van der Waals surface area contributed by atoms with Gasteiger partial charge in [-0.2, -0.15) is 4.31 Å². The molecule has 9 heteroatoms. The number of sulfonamides is 1. The summed E-state index contributed by atoms with van der Waals surface area (Å²) < 4.78 is 35.8. The molecule has 6 nitrogen and oxygen atoms in total. The monoisotopic (exact) mass is 445 g/mol. The van der Waals surface area contributed by atoms with Gasteiger partial charge in [0.05, 0.1) is 18.9 Å². The van der Waals surface area contributed by atoms with Gasteiger partial charge < -0.3 is 9.47 Å². The van der Waals surface area contributed by atoms with Crippen LogP contribution in [0.1, 0.15) is 15.9 Å². The maximum absolute atomic E-state index is 12.1. The summed E-state index contributed by atoms with van der Waals surface area (Å²) in [6, 6.07) is 11.7. The van der Waals surface area contributed by atoms with Crippen LogP contribution < -0.4 is 4.74 Å². The van der Waals surface area contributed by atoms with Crippen molar-refractivity contribution in [2.75, 3.05) is 33.1 Å². The van der Waals surface area contributed by atoms with Gasteiger partial charge in [0.25, 0.3) is 0 Å². The first-order valence-electron chi connectivity index (χ1n) is 8.40. The van der Waals surface area contributed by atoms with E-state index in [1.165, 1.54) is 11.4 Å². The first-order chi connectivity index (χ1) is 13.2. The number of carbonyl (C=O) groups excluding carboxylic acids is 1. The largest absolute Gasteiger partial charge is 0.492 e. The molecule has 0 bridgehead atoms. The van der Waals surface area contributed by atoms with Gasteiger partial charge in [-0.15, -0.1) is 0 Å². The van der Waals surface area contributed by atoms with Crippen LogP contribution in [-0.4, -0.2) is 51.8 Å². The molecule has 0 N–H and O–H groups in total. The third kappa shape index (κ3) is 6.98. The topological polar surface area (TPSA) is 72.9 Å². The molecular weight excluding hydrogens is 425 g/mol. The second kappa shape index (κ2) is 10.1. The molecule has 2 aromatic carbocycles. The standard InChI is InChI=1S/C19H21Cl2NO5S/c1-26-19(23)15-5-3-4-14(10-15)6-7-22(28(2,24)25)8-9-27-18-12-16(20)11-17(21)13-18/h3-5,10-13H,6-9H2,1-2H3. The van der Waals surface area contributed by atoms with Crippen LogP contribution in [0.25, 0.3) is 0 Å². The number of rotatable bonds is 9. The first-order valence-corrected chi connectivity index (χ1v) is 11.0. The van der Waals surface area contributed by atoms with Crippen LogP contribution in [0.2, 0.25) is 10.0 Å². The van der Waals surface area contributed by atoms with Crippen molar-refractivity contribution in [2.45, 2.75) is 6.42 Å². The summed E-state index contributed by atoms with van der Waals surface area (Å²) in [6.45, 7) is 0.564. The normalized spacial score (nSPS) is 11.5. The number of hydrogen-bond acceptors (Lipinski definition) is 5. The molecule has 0 aliphatic heterocycles.